The predicted octanol–water partition coefficient (Wildman–Crippen LogP) is 3.49. The van der Waals surface area contributed by atoms with E-state index in [0.29, 0.717) is 12.5 Å². The molecule has 0 bridgehead atoms. The first kappa shape index (κ1) is 17.0. The molecule has 0 atom stereocenters. The van der Waals surface area contributed by atoms with Crippen LogP contribution in [0.3, 0.4) is 0 Å². The fourth-order valence-electron chi connectivity index (χ4n) is 3.14. The summed E-state index contributed by atoms with van der Waals surface area (Å²) in [5, 5.41) is 5.96. The average molecular weight is 377 g/mol. The molecule has 1 heterocycles. The Kier molecular flexibility index (Phi) is 4.14. The Labute approximate surface area is 150 Å². The van der Waals surface area contributed by atoms with Gasteiger partial charge in [0, 0.05) is 17.7 Å². The Hall–Kier alpha value is -2.48. The molecular formula is C18H17F2N3O2S. The highest BCUT2D eigenvalue weighted by molar-refractivity contribution is 7.90. The molecule has 1 fully saturated rings. The number of rotatable bonds is 3. The van der Waals surface area contributed by atoms with Crippen LogP contribution in [-0.2, 0) is 10.0 Å². The minimum absolute atomic E-state index is 0.00945. The molecule has 26 heavy (non-hydrogen) atoms. The molecule has 2 N–H and O–H groups in total. The van der Waals surface area contributed by atoms with E-state index in [2.05, 4.69) is 15.0 Å². The normalized spacial score (nSPS) is 18.3. The van der Waals surface area contributed by atoms with Crippen molar-refractivity contribution in [2.24, 2.45) is 10.3 Å². The topological polar surface area (TPSA) is 70.6 Å². The highest BCUT2D eigenvalue weighted by Crippen LogP contribution is 2.38. The van der Waals surface area contributed by atoms with Crippen LogP contribution in [-0.4, -0.2) is 20.9 Å². The molecular weight excluding hydrogens is 360 g/mol. The zero-order valence-corrected chi connectivity index (χ0v) is 14.6. The molecule has 2 aliphatic rings. The number of para-hydroxylation sites is 1. The number of nitrogens with one attached hydrogen (secondary N) is 2. The highest BCUT2D eigenvalue weighted by Gasteiger charge is 2.29. The Balaban J connectivity index is 1.75. The smallest absolute Gasteiger partial charge is 0.287 e. The van der Waals surface area contributed by atoms with Gasteiger partial charge in [0.05, 0.1) is 5.69 Å². The number of hydrogen-bond donors (Lipinski definition) is 2. The summed E-state index contributed by atoms with van der Waals surface area (Å²) >= 11 is 0. The Morgan fingerprint density at radius 2 is 1.85 bits per heavy atom. The summed E-state index contributed by atoms with van der Waals surface area (Å²) in [7, 11) is -3.93. The van der Waals surface area contributed by atoms with E-state index in [0.717, 1.165) is 18.9 Å². The zero-order valence-electron chi connectivity index (χ0n) is 13.8. The van der Waals surface area contributed by atoms with Crippen LogP contribution in [0.2, 0.25) is 0 Å². The van der Waals surface area contributed by atoms with Crippen LogP contribution in [0.4, 0.5) is 14.5 Å². The lowest BCUT2D eigenvalue weighted by atomic mass is 9.85. The van der Waals surface area contributed by atoms with Crippen LogP contribution in [0.5, 0.6) is 0 Å². The first-order chi connectivity index (χ1) is 12.5. The van der Waals surface area contributed by atoms with E-state index in [1.807, 2.05) is 0 Å². The standard InChI is InChI=1S/C18H17F2N3O2S/c19-14-8-2-6-12(16(14)20)13-7-3-9-15-17(13)22-18(23-26(15,24)25)21-10-11-4-1-5-11/h2-3,6-9,11H,1,4-5,10H2,(H2,21,22,23). The van der Waals surface area contributed by atoms with Crippen molar-refractivity contribution in [1.82, 2.24) is 5.32 Å². The van der Waals surface area contributed by atoms with Gasteiger partial charge in [-0.25, -0.2) is 8.78 Å². The quantitative estimate of drug-likeness (QED) is 0.859. The van der Waals surface area contributed by atoms with Gasteiger partial charge >= 0.3 is 0 Å². The number of halogens is 2. The SMILES string of the molecule is O=S1(=O)N=C(NCC2CCC2)Nc2c(-c3cccc(F)c3F)cccc21. The van der Waals surface area contributed by atoms with Crippen molar-refractivity contribution in [3.63, 3.8) is 0 Å². The maximum absolute atomic E-state index is 14.3. The lowest BCUT2D eigenvalue weighted by molar-refractivity contribution is 0.315. The molecule has 136 valence electrons. The summed E-state index contributed by atoms with van der Waals surface area (Å²) in [5.74, 6) is -1.41. The summed E-state index contributed by atoms with van der Waals surface area (Å²) in [4.78, 5) is -0.0622. The summed E-state index contributed by atoms with van der Waals surface area (Å²) in [6.45, 7) is 0.618. The second kappa shape index (κ2) is 6.35. The molecule has 5 nitrogen and oxygen atoms in total. The highest BCUT2D eigenvalue weighted by atomic mass is 32.2. The Bertz CT molecular complexity index is 1000. The number of fused-ring (bicyclic) bond motifs is 1. The van der Waals surface area contributed by atoms with Crippen molar-refractivity contribution in [2.45, 2.75) is 24.2 Å². The number of anilines is 1. The lowest BCUT2D eigenvalue weighted by Gasteiger charge is -2.28. The maximum atomic E-state index is 14.3. The summed E-state index contributed by atoms with van der Waals surface area (Å²) < 4.78 is 56.7. The van der Waals surface area contributed by atoms with Gasteiger partial charge in [0.25, 0.3) is 10.0 Å². The van der Waals surface area contributed by atoms with Crippen LogP contribution in [0, 0.1) is 17.6 Å². The summed E-state index contributed by atoms with van der Waals surface area (Å²) in [6, 6.07) is 8.24. The molecule has 0 spiro atoms. The van der Waals surface area contributed by atoms with E-state index in [-0.39, 0.29) is 27.7 Å². The van der Waals surface area contributed by atoms with Crippen molar-refractivity contribution >= 4 is 21.7 Å². The molecule has 0 radical (unpaired) electrons. The van der Waals surface area contributed by atoms with E-state index in [4.69, 9.17) is 0 Å². The summed E-state index contributed by atoms with van der Waals surface area (Å²) in [6.07, 6.45) is 3.38. The van der Waals surface area contributed by atoms with Gasteiger partial charge in [-0.05, 0) is 30.9 Å². The Morgan fingerprint density at radius 1 is 1.12 bits per heavy atom. The zero-order chi connectivity index (χ0) is 18.3. The molecule has 1 saturated carbocycles. The van der Waals surface area contributed by atoms with Gasteiger partial charge in [-0.3, -0.25) is 0 Å². The molecule has 2 aromatic carbocycles. The second-order valence-electron chi connectivity index (χ2n) is 6.50. The van der Waals surface area contributed by atoms with Crippen LogP contribution >= 0.6 is 0 Å². The molecule has 2 aromatic rings. The number of benzene rings is 2. The monoisotopic (exact) mass is 377 g/mol. The van der Waals surface area contributed by atoms with Crippen molar-refractivity contribution in [2.75, 3.05) is 11.9 Å². The molecule has 8 heteroatoms. The molecule has 4 rings (SSSR count). The maximum Gasteiger partial charge on any atom is 0.287 e. The molecule has 0 unspecified atom stereocenters. The fourth-order valence-corrected chi connectivity index (χ4v) is 4.25. The van der Waals surface area contributed by atoms with Gasteiger partial charge in [0.1, 0.15) is 4.90 Å². The summed E-state index contributed by atoms with van der Waals surface area (Å²) in [5.41, 5.74) is 0.453. The van der Waals surface area contributed by atoms with Crippen LogP contribution in [0.25, 0.3) is 11.1 Å². The number of hydrogen-bond acceptors (Lipinski definition) is 4. The largest absolute Gasteiger partial charge is 0.355 e. The van der Waals surface area contributed by atoms with Crippen molar-refractivity contribution in [3.05, 3.63) is 48.0 Å². The third kappa shape index (κ3) is 2.94. The fraction of sp³-hybridized carbons (Fsp3) is 0.278. The van der Waals surface area contributed by atoms with Crippen molar-refractivity contribution < 1.29 is 17.2 Å². The number of nitrogens with zero attached hydrogens (tertiary/aromatic N) is 1. The van der Waals surface area contributed by atoms with Gasteiger partial charge in [0.15, 0.2) is 11.6 Å². The van der Waals surface area contributed by atoms with Crippen molar-refractivity contribution in [1.29, 1.82) is 0 Å². The first-order valence-corrected chi connectivity index (χ1v) is 9.83. The van der Waals surface area contributed by atoms with Crippen molar-refractivity contribution in [3.8, 4) is 11.1 Å². The minimum atomic E-state index is -3.93. The van der Waals surface area contributed by atoms with Gasteiger partial charge in [-0.2, -0.15) is 8.42 Å². The third-order valence-corrected chi connectivity index (χ3v) is 6.10. The lowest BCUT2D eigenvalue weighted by Crippen LogP contribution is -2.39. The van der Waals surface area contributed by atoms with Crippen LogP contribution < -0.4 is 10.6 Å². The molecule has 0 saturated heterocycles. The van der Waals surface area contributed by atoms with Gasteiger partial charge in [0.2, 0.25) is 5.96 Å². The van der Waals surface area contributed by atoms with Gasteiger partial charge < -0.3 is 10.6 Å². The van der Waals surface area contributed by atoms with Crippen LogP contribution in [0.15, 0.2) is 45.7 Å². The molecule has 0 amide bonds. The Morgan fingerprint density at radius 3 is 2.58 bits per heavy atom. The van der Waals surface area contributed by atoms with E-state index >= 15 is 0 Å². The molecule has 1 aliphatic carbocycles. The minimum Gasteiger partial charge on any atom is -0.355 e. The van der Waals surface area contributed by atoms with E-state index in [1.165, 1.54) is 30.7 Å². The third-order valence-electron chi connectivity index (χ3n) is 4.78. The number of guanidine groups is 1. The number of sulfonamides is 1. The second-order valence-corrected chi connectivity index (χ2v) is 8.07. The average Bonchev–Trinajstić information content (AvgIpc) is 2.55. The van der Waals surface area contributed by atoms with E-state index < -0.39 is 21.7 Å². The van der Waals surface area contributed by atoms with E-state index in [1.54, 1.807) is 6.07 Å². The van der Waals surface area contributed by atoms with Gasteiger partial charge in [-0.1, -0.05) is 30.7 Å². The van der Waals surface area contributed by atoms with E-state index in [9.17, 15) is 17.2 Å². The van der Waals surface area contributed by atoms with Gasteiger partial charge in [-0.15, -0.1) is 4.40 Å². The van der Waals surface area contributed by atoms with Crippen LogP contribution in [0.1, 0.15) is 19.3 Å². The molecule has 1 aliphatic heterocycles. The first-order valence-electron chi connectivity index (χ1n) is 8.39. The predicted molar refractivity (Wildman–Crippen MR) is 95.4 cm³/mol. The molecule has 0 aromatic heterocycles.